The third-order valence-electron chi connectivity index (χ3n) is 6.54. The molecule has 1 saturated heterocycles. The van der Waals surface area contributed by atoms with Crippen molar-refractivity contribution in [1.29, 1.82) is 0 Å². The average molecular weight is 352 g/mol. The SMILES string of the molecule is C=C1C(=O)O[C@@H]2C[C@@]3(C)[C@H](O)CC[C@](O)(COC(=O)C(C)C)[C@@H]3C[C@H]12. The van der Waals surface area contributed by atoms with Gasteiger partial charge in [0.05, 0.1) is 12.0 Å². The minimum atomic E-state index is -1.21. The number of aliphatic hydroxyl groups is 2. The van der Waals surface area contributed by atoms with Crippen LogP contribution in [0.5, 0.6) is 0 Å². The van der Waals surface area contributed by atoms with Gasteiger partial charge in [-0.05, 0) is 31.6 Å². The van der Waals surface area contributed by atoms with Crippen LogP contribution in [0.2, 0.25) is 0 Å². The van der Waals surface area contributed by atoms with Gasteiger partial charge in [-0.2, -0.15) is 0 Å². The Bertz CT molecular complexity index is 599. The van der Waals surface area contributed by atoms with E-state index in [1.165, 1.54) is 0 Å². The van der Waals surface area contributed by atoms with E-state index >= 15 is 0 Å². The van der Waals surface area contributed by atoms with Crippen molar-refractivity contribution in [1.82, 2.24) is 0 Å². The summed E-state index contributed by atoms with van der Waals surface area (Å²) in [5.74, 6) is -1.44. The molecule has 0 bridgehead atoms. The van der Waals surface area contributed by atoms with Crippen molar-refractivity contribution in [3.63, 3.8) is 0 Å². The van der Waals surface area contributed by atoms with E-state index in [-0.39, 0.29) is 42.4 Å². The van der Waals surface area contributed by atoms with Crippen molar-refractivity contribution in [2.75, 3.05) is 6.61 Å². The van der Waals surface area contributed by atoms with E-state index in [9.17, 15) is 19.8 Å². The van der Waals surface area contributed by atoms with E-state index in [4.69, 9.17) is 9.47 Å². The number of ether oxygens (including phenoxy) is 2. The van der Waals surface area contributed by atoms with Gasteiger partial charge in [-0.25, -0.2) is 4.79 Å². The van der Waals surface area contributed by atoms with Crippen LogP contribution in [0.3, 0.4) is 0 Å². The summed E-state index contributed by atoms with van der Waals surface area (Å²) in [4.78, 5) is 23.7. The predicted molar refractivity (Wildman–Crippen MR) is 89.3 cm³/mol. The van der Waals surface area contributed by atoms with Crippen molar-refractivity contribution >= 4 is 11.9 Å². The van der Waals surface area contributed by atoms with Crippen molar-refractivity contribution < 1.29 is 29.3 Å². The van der Waals surface area contributed by atoms with Gasteiger partial charge in [0.2, 0.25) is 0 Å². The average Bonchev–Trinajstić information content (AvgIpc) is 2.82. The molecule has 0 amide bonds. The van der Waals surface area contributed by atoms with Crippen LogP contribution in [0.25, 0.3) is 0 Å². The third kappa shape index (κ3) is 2.89. The zero-order valence-electron chi connectivity index (χ0n) is 15.2. The Morgan fingerprint density at radius 2 is 2.16 bits per heavy atom. The molecule has 2 aliphatic carbocycles. The molecule has 2 saturated carbocycles. The van der Waals surface area contributed by atoms with E-state index in [0.29, 0.717) is 31.3 Å². The quantitative estimate of drug-likeness (QED) is 0.592. The van der Waals surface area contributed by atoms with Gasteiger partial charge < -0.3 is 19.7 Å². The Hall–Kier alpha value is -1.40. The molecule has 2 N–H and O–H groups in total. The lowest BCUT2D eigenvalue weighted by Crippen LogP contribution is -2.62. The monoisotopic (exact) mass is 352 g/mol. The van der Waals surface area contributed by atoms with Gasteiger partial charge in [0.25, 0.3) is 0 Å². The molecule has 1 heterocycles. The van der Waals surface area contributed by atoms with Crippen molar-refractivity contribution in [2.45, 2.75) is 64.3 Å². The first-order valence-corrected chi connectivity index (χ1v) is 9.05. The fourth-order valence-corrected chi connectivity index (χ4v) is 4.88. The molecule has 0 aromatic heterocycles. The number of hydrogen-bond donors (Lipinski definition) is 2. The highest BCUT2D eigenvalue weighted by molar-refractivity contribution is 5.90. The Morgan fingerprint density at radius 1 is 1.48 bits per heavy atom. The first-order valence-electron chi connectivity index (χ1n) is 9.05. The second-order valence-electron chi connectivity index (χ2n) is 8.49. The molecular weight excluding hydrogens is 324 g/mol. The third-order valence-corrected chi connectivity index (χ3v) is 6.54. The maximum atomic E-state index is 11.9. The van der Waals surface area contributed by atoms with Crippen LogP contribution in [-0.2, 0) is 19.1 Å². The first-order chi connectivity index (χ1) is 11.6. The van der Waals surface area contributed by atoms with Crippen LogP contribution in [0.4, 0.5) is 0 Å². The van der Waals surface area contributed by atoms with Crippen LogP contribution < -0.4 is 0 Å². The highest BCUT2D eigenvalue weighted by Crippen LogP contribution is 2.58. The summed E-state index contributed by atoms with van der Waals surface area (Å²) < 4.78 is 10.8. The zero-order chi connectivity index (χ0) is 18.6. The number of carbonyl (C=O) groups is 2. The van der Waals surface area contributed by atoms with E-state index in [0.717, 1.165) is 0 Å². The lowest BCUT2D eigenvalue weighted by Gasteiger charge is -2.57. The second-order valence-corrected chi connectivity index (χ2v) is 8.49. The first kappa shape index (κ1) is 18.4. The van der Waals surface area contributed by atoms with Crippen LogP contribution >= 0.6 is 0 Å². The summed E-state index contributed by atoms with van der Waals surface area (Å²) in [7, 11) is 0. The molecule has 1 aliphatic heterocycles. The van der Waals surface area contributed by atoms with E-state index in [2.05, 4.69) is 6.58 Å². The summed E-state index contributed by atoms with van der Waals surface area (Å²) >= 11 is 0. The van der Waals surface area contributed by atoms with Crippen LogP contribution in [-0.4, -0.2) is 46.6 Å². The molecule has 6 atom stereocenters. The van der Waals surface area contributed by atoms with Gasteiger partial charge in [0, 0.05) is 16.9 Å². The summed E-state index contributed by atoms with van der Waals surface area (Å²) in [6.45, 7) is 9.18. The summed E-state index contributed by atoms with van der Waals surface area (Å²) in [5.41, 5.74) is -1.37. The van der Waals surface area contributed by atoms with Gasteiger partial charge in [0.1, 0.15) is 18.3 Å². The number of esters is 2. The lowest BCUT2D eigenvalue weighted by atomic mass is 9.51. The molecule has 3 fully saturated rings. The van der Waals surface area contributed by atoms with Crippen molar-refractivity contribution in [3.05, 3.63) is 12.2 Å². The fraction of sp³-hybridized carbons (Fsp3) is 0.789. The van der Waals surface area contributed by atoms with E-state index in [1.807, 2.05) is 6.92 Å². The highest BCUT2D eigenvalue weighted by atomic mass is 16.6. The van der Waals surface area contributed by atoms with Gasteiger partial charge in [-0.15, -0.1) is 0 Å². The lowest BCUT2D eigenvalue weighted by molar-refractivity contribution is -0.214. The van der Waals surface area contributed by atoms with Gasteiger partial charge in [-0.1, -0.05) is 27.4 Å². The number of carbonyl (C=O) groups excluding carboxylic acids is 2. The molecule has 0 aromatic rings. The summed E-state index contributed by atoms with van der Waals surface area (Å²) in [6, 6.07) is 0. The zero-order valence-corrected chi connectivity index (χ0v) is 15.2. The molecule has 3 aliphatic rings. The Morgan fingerprint density at radius 3 is 2.80 bits per heavy atom. The van der Waals surface area contributed by atoms with Gasteiger partial charge in [-0.3, -0.25) is 4.79 Å². The fourth-order valence-electron chi connectivity index (χ4n) is 4.88. The smallest absolute Gasteiger partial charge is 0.334 e. The highest BCUT2D eigenvalue weighted by Gasteiger charge is 2.62. The maximum absolute atomic E-state index is 11.9. The molecular formula is C19H28O6. The van der Waals surface area contributed by atoms with Crippen LogP contribution in [0.15, 0.2) is 12.2 Å². The van der Waals surface area contributed by atoms with Crippen LogP contribution in [0, 0.1) is 23.2 Å². The summed E-state index contributed by atoms with van der Waals surface area (Å²) in [6.07, 6.45) is 0.879. The Labute approximate surface area is 148 Å². The van der Waals surface area contributed by atoms with Gasteiger partial charge in [0.15, 0.2) is 0 Å². The number of hydrogen-bond acceptors (Lipinski definition) is 6. The van der Waals surface area contributed by atoms with Gasteiger partial charge >= 0.3 is 11.9 Å². The standard InChI is InChI=1S/C19H28O6/c1-10(2)16(21)24-9-19(23)6-5-15(20)18(4)8-13-12(7-14(18)19)11(3)17(22)25-13/h10,12-15,20,23H,3,5-9H2,1-2,4H3/t12-,13-,14-,15-,18-,19+/m1/s1. The minimum Gasteiger partial charge on any atom is -0.462 e. The molecule has 6 heteroatoms. The maximum Gasteiger partial charge on any atom is 0.334 e. The molecule has 140 valence electrons. The molecule has 25 heavy (non-hydrogen) atoms. The largest absolute Gasteiger partial charge is 0.462 e. The Kier molecular flexibility index (Phi) is 4.48. The molecule has 0 aromatic carbocycles. The normalized spacial score (nSPS) is 43.4. The molecule has 0 spiro atoms. The Balaban J connectivity index is 1.85. The molecule has 6 nitrogen and oxygen atoms in total. The minimum absolute atomic E-state index is 0.0876. The number of rotatable bonds is 3. The van der Waals surface area contributed by atoms with E-state index in [1.54, 1.807) is 13.8 Å². The predicted octanol–water partition coefficient (Wildman–Crippen LogP) is 1.59. The second kappa shape index (κ2) is 6.09. The number of fused-ring (bicyclic) bond motifs is 2. The molecule has 3 rings (SSSR count). The topological polar surface area (TPSA) is 93.1 Å². The van der Waals surface area contributed by atoms with Crippen molar-refractivity contribution in [2.24, 2.45) is 23.2 Å². The van der Waals surface area contributed by atoms with Crippen molar-refractivity contribution in [3.8, 4) is 0 Å². The molecule has 0 unspecified atom stereocenters. The molecule has 0 radical (unpaired) electrons. The number of aliphatic hydroxyl groups excluding tert-OH is 1. The summed E-state index contributed by atoms with van der Waals surface area (Å²) in [5, 5.41) is 21.9. The van der Waals surface area contributed by atoms with Crippen LogP contribution in [0.1, 0.15) is 46.5 Å². The van der Waals surface area contributed by atoms with E-state index < -0.39 is 17.1 Å².